The Balaban J connectivity index is 3.08. The number of likely N-dealkylation sites (N-methyl/N-ethyl adjacent to an activating group) is 1. The van der Waals surface area contributed by atoms with Crippen LogP contribution in [0.2, 0.25) is 5.15 Å². The van der Waals surface area contributed by atoms with E-state index in [0.717, 1.165) is 0 Å². The first-order chi connectivity index (χ1) is 7.04. The lowest BCUT2D eigenvalue weighted by Crippen LogP contribution is -2.18. The number of hydrogen-bond donors (Lipinski definition) is 1. The lowest BCUT2D eigenvalue weighted by molar-refractivity contribution is 0.0697. The molecule has 5 heteroatoms. The average molecular weight is 227 g/mol. The van der Waals surface area contributed by atoms with Crippen molar-refractivity contribution < 1.29 is 9.90 Å². The van der Waals surface area contributed by atoms with E-state index in [1.165, 1.54) is 12.1 Å². The van der Waals surface area contributed by atoms with Gasteiger partial charge in [0.15, 0.2) is 0 Å². The van der Waals surface area contributed by atoms with Crippen molar-refractivity contribution in [2.45, 2.75) is 0 Å². The molecule has 0 bridgehead atoms. The molecule has 1 aromatic heterocycles. The molecule has 0 fully saturated rings. The minimum Gasteiger partial charge on any atom is -0.478 e. The first-order valence-corrected chi connectivity index (χ1v) is 4.65. The fourth-order valence-electron chi connectivity index (χ4n) is 1.09. The van der Waals surface area contributed by atoms with Crippen LogP contribution in [0.15, 0.2) is 24.8 Å². The van der Waals surface area contributed by atoms with Crippen molar-refractivity contribution in [3.05, 3.63) is 35.5 Å². The van der Waals surface area contributed by atoms with Gasteiger partial charge in [0.05, 0.1) is 5.56 Å². The van der Waals surface area contributed by atoms with Crippen molar-refractivity contribution in [1.82, 2.24) is 4.98 Å². The Morgan fingerprint density at radius 3 is 2.93 bits per heavy atom. The van der Waals surface area contributed by atoms with Crippen LogP contribution in [0.5, 0.6) is 0 Å². The van der Waals surface area contributed by atoms with Crippen LogP contribution in [-0.4, -0.2) is 29.7 Å². The first-order valence-electron chi connectivity index (χ1n) is 4.27. The molecular formula is C10H11ClN2O2. The topological polar surface area (TPSA) is 53.4 Å². The molecule has 0 unspecified atom stereocenters. The highest BCUT2D eigenvalue weighted by Gasteiger charge is 2.09. The maximum atomic E-state index is 10.8. The molecule has 0 atom stereocenters. The van der Waals surface area contributed by atoms with Crippen LogP contribution in [0.3, 0.4) is 0 Å². The van der Waals surface area contributed by atoms with Gasteiger partial charge < -0.3 is 10.0 Å². The van der Waals surface area contributed by atoms with Crippen LogP contribution < -0.4 is 4.90 Å². The molecule has 0 radical (unpaired) electrons. The summed E-state index contributed by atoms with van der Waals surface area (Å²) in [4.78, 5) is 16.5. The molecule has 1 aromatic rings. The van der Waals surface area contributed by atoms with Gasteiger partial charge in [-0.1, -0.05) is 17.7 Å². The number of nitrogens with zero attached hydrogens (tertiary/aromatic N) is 2. The van der Waals surface area contributed by atoms with Gasteiger partial charge in [0.2, 0.25) is 0 Å². The van der Waals surface area contributed by atoms with E-state index in [-0.39, 0.29) is 10.7 Å². The molecular weight excluding hydrogens is 216 g/mol. The summed E-state index contributed by atoms with van der Waals surface area (Å²) in [7, 11) is 1.78. The lowest BCUT2D eigenvalue weighted by atomic mass is 10.2. The Bertz CT molecular complexity index is 393. The van der Waals surface area contributed by atoms with Crippen molar-refractivity contribution in [2.75, 3.05) is 18.5 Å². The monoisotopic (exact) mass is 226 g/mol. The van der Waals surface area contributed by atoms with Crippen LogP contribution in [0.4, 0.5) is 5.82 Å². The second-order valence-electron chi connectivity index (χ2n) is 3.01. The highest BCUT2D eigenvalue weighted by atomic mass is 35.5. The molecule has 1 rings (SSSR count). The fraction of sp³-hybridized carbons (Fsp3) is 0.200. The Hall–Kier alpha value is -1.55. The number of carboxylic acids is 1. The summed E-state index contributed by atoms with van der Waals surface area (Å²) in [6, 6.07) is 2.78. The van der Waals surface area contributed by atoms with E-state index in [2.05, 4.69) is 11.6 Å². The van der Waals surface area contributed by atoms with Crippen LogP contribution in [0.25, 0.3) is 0 Å². The zero-order chi connectivity index (χ0) is 11.4. The third-order valence-corrected chi connectivity index (χ3v) is 2.02. The molecule has 0 saturated heterocycles. The van der Waals surface area contributed by atoms with E-state index >= 15 is 0 Å². The van der Waals surface area contributed by atoms with Gasteiger partial charge in [0, 0.05) is 13.6 Å². The largest absolute Gasteiger partial charge is 0.478 e. The van der Waals surface area contributed by atoms with Crippen molar-refractivity contribution in [2.24, 2.45) is 0 Å². The Labute approximate surface area is 92.8 Å². The third kappa shape index (κ3) is 2.95. The average Bonchev–Trinajstić information content (AvgIpc) is 2.17. The van der Waals surface area contributed by atoms with Gasteiger partial charge in [0.1, 0.15) is 11.0 Å². The third-order valence-electron chi connectivity index (χ3n) is 1.82. The van der Waals surface area contributed by atoms with Gasteiger partial charge in [-0.3, -0.25) is 0 Å². The van der Waals surface area contributed by atoms with Gasteiger partial charge >= 0.3 is 5.97 Å². The van der Waals surface area contributed by atoms with Crippen LogP contribution >= 0.6 is 11.6 Å². The summed E-state index contributed by atoms with van der Waals surface area (Å²) >= 11 is 5.71. The van der Waals surface area contributed by atoms with Gasteiger partial charge in [0.25, 0.3) is 0 Å². The Morgan fingerprint density at radius 1 is 1.73 bits per heavy atom. The molecule has 1 N–H and O–H groups in total. The highest BCUT2D eigenvalue weighted by Crippen LogP contribution is 2.17. The van der Waals surface area contributed by atoms with Crippen molar-refractivity contribution in [1.29, 1.82) is 0 Å². The molecule has 0 aliphatic heterocycles. The number of anilines is 1. The summed E-state index contributed by atoms with van der Waals surface area (Å²) in [6.45, 7) is 4.16. The second-order valence-corrected chi connectivity index (χ2v) is 3.40. The summed E-state index contributed by atoms with van der Waals surface area (Å²) in [5.41, 5.74) is 0.126. The lowest BCUT2D eigenvalue weighted by Gasteiger charge is -2.16. The van der Waals surface area contributed by atoms with Gasteiger partial charge in [-0.2, -0.15) is 0 Å². The molecule has 15 heavy (non-hydrogen) atoms. The highest BCUT2D eigenvalue weighted by molar-refractivity contribution is 6.29. The maximum absolute atomic E-state index is 10.8. The molecule has 4 nitrogen and oxygen atoms in total. The van der Waals surface area contributed by atoms with E-state index in [1.54, 1.807) is 18.0 Å². The molecule has 0 amide bonds. The zero-order valence-electron chi connectivity index (χ0n) is 8.27. The van der Waals surface area contributed by atoms with E-state index < -0.39 is 5.97 Å². The number of carboxylic acid groups (broad SMARTS) is 1. The fourth-order valence-corrected chi connectivity index (χ4v) is 1.29. The van der Waals surface area contributed by atoms with Crippen molar-refractivity contribution >= 4 is 23.4 Å². The smallest absolute Gasteiger partial charge is 0.335 e. The predicted molar refractivity (Wildman–Crippen MR) is 59.7 cm³/mol. The first kappa shape index (κ1) is 11.5. The summed E-state index contributed by atoms with van der Waals surface area (Å²) < 4.78 is 0. The van der Waals surface area contributed by atoms with E-state index in [0.29, 0.717) is 12.4 Å². The molecule has 0 spiro atoms. The van der Waals surface area contributed by atoms with Crippen molar-refractivity contribution in [3.63, 3.8) is 0 Å². The normalized spacial score (nSPS) is 9.73. The number of hydrogen-bond acceptors (Lipinski definition) is 3. The molecule has 0 aromatic carbocycles. The van der Waals surface area contributed by atoms with Gasteiger partial charge in [-0.05, 0) is 12.1 Å². The standard InChI is InChI=1S/C10H11ClN2O2/c1-3-4-13(2)9-6-7(10(14)15)5-8(11)12-9/h3,5-6H,1,4H2,2H3,(H,14,15). The Kier molecular flexibility index (Phi) is 3.68. The molecule has 0 aliphatic carbocycles. The van der Waals surface area contributed by atoms with Crippen LogP contribution in [0, 0.1) is 0 Å². The van der Waals surface area contributed by atoms with Gasteiger partial charge in [-0.25, -0.2) is 9.78 Å². The van der Waals surface area contributed by atoms with E-state index in [1.807, 2.05) is 0 Å². The zero-order valence-corrected chi connectivity index (χ0v) is 9.03. The van der Waals surface area contributed by atoms with E-state index in [4.69, 9.17) is 16.7 Å². The van der Waals surface area contributed by atoms with Crippen molar-refractivity contribution in [3.8, 4) is 0 Å². The summed E-state index contributed by atoms with van der Waals surface area (Å²) in [6.07, 6.45) is 1.70. The summed E-state index contributed by atoms with van der Waals surface area (Å²) in [5, 5.41) is 8.99. The molecule has 80 valence electrons. The second kappa shape index (κ2) is 4.79. The van der Waals surface area contributed by atoms with E-state index in [9.17, 15) is 4.79 Å². The number of carbonyl (C=O) groups is 1. The number of halogens is 1. The molecule has 0 saturated carbocycles. The number of aromatic nitrogens is 1. The molecule has 1 heterocycles. The minimum atomic E-state index is -1.02. The predicted octanol–water partition coefficient (Wildman–Crippen LogP) is 2.06. The molecule has 0 aliphatic rings. The van der Waals surface area contributed by atoms with Gasteiger partial charge in [-0.15, -0.1) is 6.58 Å². The number of rotatable bonds is 4. The summed E-state index contributed by atoms with van der Waals surface area (Å²) in [5.74, 6) is -0.507. The number of pyridine rings is 1. The Morgan fingerprint density at radius 2 is 2.40 bits per heavy atom. The van der Waals surface area contributed by atoms with Crippen LogP contribution in [-0.2, 0) is 0 Å². The minimum absolute atomic E-state index is 0.126. The quantitative estimate of drug-likeness (QED) is 0.631. The SMILES string of the molecule is C=CCN(C)c1cc(C(=O)O)cc(Cl)n1. The number of aromatic carboxylic acids is 1. The van der Waals surface area contributed by atoms with Crippen LogP contribution in [0.1, 0.15) is 10.4 Å². The maximum Gasteiger partial charge on any atom is 0.335 e.